The number of rotatable bonds is 3. The molecule has 2 rings (SSSR count). The van der Waals surface area contributed by atoms with Crippen molar-refractivity contribution in [3.8, 4) is 0 Å². The molecule has 1 aromatic heterocycles. The van der Waals surface area contributed by atoms with E-state index in [1.807, 2.05) is 0 Å². The van der Waals surface area contributed by atoms with Gasteiger partial charge in [0, 0.05) is 38.3 Å². The van der Waals surface area contributed by atoms with Crippen LogP contribution in [0.4, 0.5) is 0 Å². The number of ketones is 1. The number of Topliss-reactive ketones (excluding diaryl/α,β-unsaturated/α-hetero) is 1. The molecule has 0 unspecified atom stereocenters. The van der Waals surface area contributed by atoms with Gasteiger partial charge in [-0.3, -0.25) is 14.7 Å². The standard InChI is InChI=1S/C13H16N2O2/c1-10(16)11-2-5-14-12(8-11)9-15-6-3-13(17)4-7-15/h1-2,5,8,13,17H,3-4,6-7,9H2. The van der Waals surface area contributed by atoms with Crippen molar-refractivity contribution in [1.29, 1.82) is 0 Å². The highest BCUT2D eigenvalue weighted by atomic mass is 16.3. The lowest BCUT2D eigenvalue weighted by atomic mass is 10.1. The maximum atomic E-state index is 11.0. The van der Waals surface area contributed by atoms with Crippen molar-refractivity contribution < 1.29 is 9.90 Å². The van der Waals surface area contributed by atoms with Gasteiger partial charge < -0.3 is 5.11 Å². The van der Waals surface area contributed by atoms with Crippen molar-refractivity contribution >= 4 is 5.78 Å². The van der Waals surface area contributed by atoms with Gasteiger partial charge in [-0.2, -0.15) is 0 Å². The van der Waals surface area contributed by atoms with Crippen LogP contribution in [0.25, 0.3) is 0 Å². The summed E-state index contributed by atoms with van der Waals surface area (Å²) in [6.45, 7) is 7.65. The van der Waals surface area contributed by atoms with Crippen molar-refractivity contribution in [3.05, 3.63) is 36.5 Å². The third-order valence-corrected chi connectivity index (χ3v) is 3.04. The number of aromatic nitrogens is 1. The minimum absolute atomic E-state index is 0.170. The van der Waals surface area contributed by atoms with E-state index in [4.69, 9.17) is 6.92 Å². The van der Waals surface area contributed by atoms with Crippen molar-refractivity contribution in [2.45, 2.75) is 25.5 Å². The molecule has 0 saturated carbocycles. The summed E-state index contributed by atoms with van der Waals surface area (Å²) in [6, 6.07) is 3.35. The average Bonchev–Trinajstić information content (AvgIpc) is 2.32. The molecule has 0 spiro atoms. The van der Waals surface area contributed by atoms with Crippen LogP contribution >= 0.6 is 0 Å². The van der Waals surface area contributed by atoms with Gasteiger partial charge in [0.25, 0.3) is 0 Å². The zero-order chi connectivity index (χ0) is 12.3. The van der Waals surface area contributed by atoms with Gasteiger partial charge in [0.15, 0.2) is 5.78 Å². The number of hydrogen-bond donors (Lipinski definition) is 1. The molecule has 1 N–H and O–H groups in total. The largest absolute Gasteiger partial charge is 0.393 e. The molecule has 90 valence electrons. The Bertz CT molecular complexity index is 398. The lowest BCUT2D eigenvalue weighted by Crippen LogP contribution is -2.35. The molecular weight excluding hydrogens is 216 g/mol. The molecule has 0 bridgehead atoms. The summed E-state index contributed by atoms with van der Waals surface area (Å²) in [5.41, 5.74) is 1.34. The van der Waals surface area contributed by atoms with Gasteiger partial charge in [-0.05, 0) is 25.0 Å². The SMILES string of the molecule is [CH]C(=O)c1ccnc(CN2CCC(O)CC2)c1. The second-order valence-electron chi connectivity index (χ2n) is 4.41. The van der Waals surface area contributed by atoms with Crippen molar-refractivity contribution in [3.63, 3.8) is 0 Å². The van der Waals surface area contributed by atoms with Crippen LogP contribution in [-0.2, 0) is 6.54 Å². The molecule has 1 aromatic rings. The van der Waals surface area contributed by atoms with Crippen LogP contribution in [0.15, 0.2) is 18.3 Å². The number of aliphatic hydroxyl groups excluding tert-OH is 1. The average molecular weight is 232 g/mol. The minimum atomic E-state index is -0.428. The first kappa shape index (κ1) is 12.2. The fourth-order valence-corrected chi connectivity index (χ4v) is 2.02. The van der Waals surface area contributed by atoms with Gasteiger partial charge >= 0.3 is 0 Å². The Kier molecular flexibility index (Phi) is 3.86. The quantitative estimate of drug-likeness (QED) is 0.788. The van der Waals surface area contributed by atoms with Crippen LogP contribution < -0.4 is 0 Å². The second-order valence-corrected chi connectivity index (χ2v) is 4.41. The molecule has 2 radical (unpaired) electrons. The van der Waals surface area contributed by atoms with Crippen LogP contribution in [0.5, 0.6) is 0 Å². The lowest BCUT2D eigenvalue weighted by molar-refractivity contribution is 0.0786. The summed E-state index contributed by atoms with van der Waals surface area (Å²) < 4.78 is 0. The van der Waals surface area contributed by atoms with Gasteiger partial charge in [0.05, 0.1) is 11.8 Å². The van der Waals surface area contributed by atoms with Gasteiger partial charge in [0.2, 0.25) is 0 Å². The number of carbonyl (C=O) groups excluding carboxylic acids is 1. The zero-order valence-electron chi connectivity index (χ0n) is 9.67. The van der Waals surface area contributed by atoms with Crippen LogP contribution in [-0.4, -0.2) is 40.0 Å². The monoisotopic (exact) mass is 232 g/mol. The fourth-order valence-electron chi connectivity index (χ4n) is 2.02. The third-order valence-electron chi connectivity index (χ3n) is 3.04. The van der Waals surface area contributed by atoms with E-state index in [-0.39, 0.29) is 6.10 Å². The van der Waals surface area contributed by atoms with E-state index in [0.717, 1.165) is 31.6 Å². The van der Waals surface area contributed by atoms with Crippen LogP contribution in [0.3, 0.4) is 0 Å². The third kappa shape index (κ3) is 3.35. The number of piperidine rings is 1. The molecule has 1 aliphatic rings. The summed E-state index contributed by atoms with van der Waals surface area (Å²) in [5, 5.41) is 9.41. The number of hydrogen-bond acceptors (Lipinski definition) is 4. The predicted octanol–water partition coefficient (Wildman–Crippen LogP) is 0.932. The number of likely N-dealkylation sites (tertiary alicyclic amines) is 1. The summed E-state index contributed by atoms with van der Waals surface area (Å²) in [5.74, 6) is -0.428. The first-order valence-corrected chi connectivity index (χ1v) is 5.80. The normalized spacial score (nSPS) is 18.2. The summed E-state index contributed by atoms with van der Waals surface area (Å²) in [4.78, 5) is 17.5. The van der Waals surface area contributed by atoms with Gasteiger partial charge in [-0.25, -0.2) is 0 Å². The molecule has 0 aromatic carbocycles. The summed E-state index contributed by atoms with van der Waals surface area (Å²) >= 11 is 0. The number of carbonyl (C=O) groups is 1. The van der Waals surface area contributed by atoms with E-state index >= 15 is 0 Å². The highest BCUT2D eigenvalue weighted by Crippen LogP contribution is 2.13. The van der Waals surface area contributed by atoms with E-state index in [0.29, 0.717) is 12.1 Å². The molecule has 0 aliphatic carbocycles. The maximum absolute atomic E-state index is 11.0. The smallest absolute Gasteiger partial charge is 0.167 e. The van der Waals surface area contributed by atoms with E-state index in [9.17, 15) is 9.90 Å². The molecule has 17 heavy (non-hydrogen) atoms. The Labute approximate surface area is 101 Å². The topological polar surface area (TPSA) is 53.4 Å². The molecule has 4 heteroatoms. The predicted molar refractivity (Wildman–Crippen MR) is 63.4 cm³/mol. The van der Waals surface area contributed by atoms with E-state index < -0.39 is 5.78 Å². The van der Waals surface area contributed by atoms with Gasteiger partial charge in [-0.15, -0.1) is 0 Å². The minimum Gasteiger partial charge on any atom is -0.393 e. The highest BCUT2D eigenvalue weighted by Gasteiger charge is 2.17. The van der Waals surface area contributed by atoms with Crippen LogP contribution in [0, 0.1) is 6.92 Å². The molecule has 0 atom stereocenters. The summed E-state index contributed by atoms with van der Waals surface area (Å²) in [6.07, 6.45) is 3.04. The molecule has 4 nitrogen and oxygen atoms in total. The Morgan fingerprint density at radius 3 is 2.88 bits per heavy atom. The zero-order valence-corrected chi connectivity index (χ0v) is 9.67. The Morgan fingerprint density at radius 2 is 2.24 bits per heavy atom. The summed E-state index contributed by atoms with van der Waals surface area (Å²) in [7, 11) is 0. The number of aliphatic hydroxyl groups is 1. The number of pyridine rings is 1. The van der Waals surface area contributed by atoms with E-state index in [1.165, 1.54) is 0 Å². The van der Waals surface area contributed by atoms with E-state index in [2.05, 4.69) is 9.88 Å². The fraction of sp³-hybridized carbons (Fsp3) is 0.462. The maximum Gasteiger partial charge on any atom is 0.167 e. The molecule has 1 aliphatic heterocycles. The highest BCUT2D eigenvalue weighted by molar-refractivity contribution is 5.99. The Hall–Kier alpha value is -1.26. The molecule has 2 heterocycles. The first-order valence-electron chi connectivity index (χ1n) is 5.80. The van der Waals surface area contributed by atoms with Crippen molar-refractivity contribution in [1.82, 2.24) is 9.88 Å². The van der Waals surface area contributed by atoms with E-state index in [1.54, 1.807) is 18.3 Å². The van der Waals surface area contributed by atoms with Crippen molar-refractivity contribution in [2.75, 3.05) is 13.1 Å². The van der Waals surface area contributed by atoms with Crippen LogP contribution in [0.2, 0.25) is 0 Å². The molecule has 1 saturated heterocycles. The van der Waals surface area contributed by atoms with Crippen molar-refractivity contribution in [2.24, 2.45) is 0 Å². The van der Waals surface area contributed by atoms with Gasteiger partial charge in [0.1, 0.15) is 0 Å². The Balaban J connectivity index is 1.98. The number of nitrogens with zero attached hydrogens (tertiary/aromatic N) is 2. The Morgan fingerprint density at radius 1 is 1.53 bits per heavy atom. The molecule has 0 amide bonds. The first-order chi connectivity index (χ1) is 8.15. The second kappa shape index (κ2) is 5.38. The van der Waals surface area contributed by atoms with Crippen LogP contribution in [0.1, 0.15) is 28.9 Å². The lowest BCUT2D eigenvalue weighted by Gasteiger charge is -2.29. The van der Waals surface area contributed by atoms with Gasteiger partial charge in [-0.1, -0.05) is 0 Å². The molecular formula is C13H16N2O2. The molecule has 1 fully saturated rings.